The predicted octanol–water partition coefficient (Wildman–Crippen LogP) is 3.88. The van der Waals surface area contributed by atoms with E-state index in [4.69, 9.17) is 0 Å². The first-order valence-electron chi connectivity index (χ1n) is 5.50. The maximum absolute atomic E-state index is 4.45. The van der Waals surface area contributed by atoms with E-state index in [1.54, 1.807) is 11.3 Å². The van der Waals surface area contributed by atoms with Crippen molar-refractivity contribution in [3.63, 3.8) is 0 Å². The highest BCUT2D eigenvalue weighted by Crippen LogP contribution is 2.25. The molecule has 0 aliphatic carbocycles. The molecule has 0 unspecified atom stereocenters. The smallest absolute Gasteiger partial charge is 0.204 e. The summed E-state index contributed by atoms with van der Waals surface area (Å²) in [7, 11) is 0. The van der Waals surface area contributed by atoms with Crippen molar-refractivity contribution in [1.82, 2.24) is 4.98 Å². The predicted molar refractivity (Wildman–Crippen MR) is 71.3 cm³/mol. The third-order valence-electron chi connectivity index (χ3n) is 2.42. The van der Waals surface area contributed by atoms with Crippen molar-refractivity contribution in [2.75, 3.05) is 5.43 Å². The molecule has 0 atom stereocenters. The van der Waals surface area contributed by atoms with Gasteiger partial charge in [-0.05, 0) is 25.0 Å². The molecule has 0 aliphatic rings. The summed E-state index contributed by atoms with van der Waals surface area (Å²) in [6.07, 6.45) is 1.96. The molecule has 4 heteroatoms. The van der Waals surface area contributed by atoms with E-state index < -0.39 is 0 Å². The van der Waals surface area contributed by atoms with Gasteiger partial charge in [0.25, 0.3) is 0 Å². The van der Waals surface area contributed by atoms with Gasteiger partial charge in [0.05, 0.1) is 10.2 Å². The van der Waals surface area contributed by atoms with E-state index in [9.17, 15) is 0 Å². The van der Waals surface area contributed by atoms with Gasteiger partial charge in [-0.3, -0.25) is 5.43 Å². The lowest BCUT2D eigenvalue weighted by molar-refractivity contribution is 1.12. The molecule has 2 aromatic rings. The lowest BCUT2D eigenvalue weighted by atomic mass is 10.2. The van der Waals surface area contributed by atoms with E-state index in [2.05, 4.69) is 35.4 Å². The molecule has 1 aromatic carbocycles. The van der Waals surface area contributed by atoms with Crippen LogP contribution in [0.15, 0.2) is 29.4 Å². The molecule has 1 aromatic heterocycles. The van der Waals surface area contributed by atoms with Crippen molar-refractivity contribution in [3.05, 3.63) is 24.3 Å². The molecular formula is C12H15N3S. The highest BCUT2D eigenvalue weighted by molar-refractivity contribution is 7.22. The zero-order valence-electron chi connectivity index (χ0n) is 9.53. The molecule has 0 aliphatic heterocycles. The topological polar surface area (TPSA) is 37.3 Å². The molecule has 0 amide bonds. The Bertz CT molecular complexity index is 463. The Morgan fingerprint density at radius 1 is 1.31 bits per heavy atom. The maximum Gasteiger partial charge on any atom is 0.204 e. The third-order valence-corrected chi connectivity index (χ3v) is 3.36. The number of anilines is 1. The van der Waals surface area contributed by atoms with Crippen molar-refractivity contribution >= 4 is 32.4 Å². The fourth-order valence-corrected chi connectivity index (χ4v) is 2.26. The van der Waals surface area contributed by atoms with Crippen LogP contribution in [0.1, 0.15) is 26.7 Å². The summed E-state index contributed by atoms with van der Waals surface area (Å²) in [5.41, 5.74) is 5.22. The average Bonchev–Trinajstić information content (AvgIpc) is 2.73. The van der Waals surface area contributed by atoms with Crippen molar-refractivity contribution in [2.45, 2.75) is 26.7 Å². The second-order valence-corrected chi connectivity index (χ2v) is 4.51. The van der Waals surface area contributed by atoms with Crippen molar-refractivity contribution in [2.24, 2.45) is 5.10 Å². The summed E-state index contributed by atoms with van der Waals surface area (Å²) in [6, 6.07) is 8.11. The van der Waals surface area contributed by atoms with Gasteiger partial charge in [-0.2, -0.15) is 5.10 Å². The molecule has 0 spiro atoms. The highest BCUT2D eigenvalue weighted by Gasteiger charge is 2.01. The zero-order valence-corrected chi connectivity index (χ0v) is 10.3. The van der Waals surface area contributed by atoms with Crippen LogP contribution in [0, 0.1) is 0 Å². The number of hydrogen-bond donors (Lipinski definition) is 1. The van der Waals surface area contributed by atoms with Gasteiger partial charge in [-0.25, -0.2) is 4.98 Å². The van der Waals surface area contributed by atoms with Crippen LogP contribution in [0.2, 0.25) is 0 Å². The number of fused-ring (bicyclic) bond motifs is 1. The SMILES string of the molecule is CCC(CC)=NNc1nc2ccccc2s1. The van der Waals surface area contributed by atoms with Gasteiger partial charge in [0.15, 0.2) is 0 Å². The normalized spacial score (nSPS) is 10.4. The Kier molecular flexibility index (Phi) is 3.51. The first-order valence-corrected chi connectivity index (χ1v) is 6.32. The van der Waals surface area contributed by atoms with Crippen molar-refractivity contribution in [1.29, 1.82) is 0 Å². The van der Waals surface area contributed by atoms with Crippen LogP contribution in [0.5, 0.6) is 0 Å². The van der Waals surface area contributed by atoms with E-state index in [0.29, 0.717) is 0 Å². The maximum atomic E-state index is 4.45. The van der Waals surface area contributed by atoms with Crippen LogP contribution in [0.4, 0.5) is 5.13 Å². The van der Waals surface area contributed by atoms with Gasteiger partial charge < -0.3 is 0 Å². The molecule has 0 saturated heterocycles. The minimum Gasteiger partial charge on any atom is -0.253 e. The summed E-state index contributed by atoms with van der Waals surface area (Å²) < 4.78 is 1.19. The molecule has 16 heavy (non-hydrogen) atoms. The average molecular weight is 233 g/mol. The van der Waals surface area contributed by atoms with Gasteiger partial charge >= 0.3 is 0 Å². The van der Waals surface area contributed by atoms with Crippen molar-refractivity contribution in [3.8, 4) is 0 Å². The number of nitrogens with zero attached hydrogens (tertiary/aromatic N) is 2. The number of aromatic nitrogens is 1. The number of rotatable bonds is 4. The quantitative estimate of drug-likeness (QED) is 0.642. The number of benzene rings is 1. The third kappa shape index (κ3) is 2.39. The van der Waals surface area contributed by atoms with E-state index in [1.165, 1.54) is 10.4 Å². The Labute approximate surface area is 99.2 Å². The highest BCUT2D eigenvalue weighted by atomic mass is 32.1. The van der Waals surface area contributed by atoms with Gasteiger partial charge in [-0.15, -0.1) is 0 Å². The number of hydrazone groups is 1. The standard InChI is InChI=1S/C12H15N3S/c1-3-9(4-2)14-15-12-13-10-7-5-6-8-11(10)16-12/h5-8H,3-4H2,1-2H3,(H,13,15). The van der Waals surface area contributed by atoms with Crippen molar-refractivity contribution < 1.29 is 0 Å². The van der Waals surface area contributed by atoms with Crippen LogP contribution < -0.4 is 5.43 Å². The first kappa shape index (κ1) is 11.1. The van der Waals surface area contributed by atoms with Gasteiger partial charge in [0.1, 0.15) is 0 Å². The van der Waals surface area contributed by atoms with E-state index in [0.717, 1.165) is 23.5 Å². The Hall–Kier alpha value is -1.42. The summed E-state index contributed by atoms with van der Waals surface area (Å²) in [5, 5.41) is 5.20. The minimum absolute atomic E-state index is 0.862. The number of thiazole rings is 1. The van der Waals surface area contributed by atoms with Crippen LogP contribution in [0.3, 0.4) is 0 Å². The Balaban J connectivity index is 2.18. The number of nitrogens with one attached hydrogen (secondary N) is 1. The van der Waals surface area contributed by atoms with Gasteiger partial charge in [-0.1, -0.05) is 37.3 Å². The summed E-state index contributed by atoms with van der Waals surface area (Å²) >= 11 is 1.63. The molecule has 1 heterocycles. The lowest BCUT2D eigenvalue weighted by Gasteiger charge is -1.98. The second kappa shape index (κ2) is 5.07. The lowest BCUT2D eigenvalue weighted by Crippen LogP contribution is -1.98. The molecule has 3 nitrogen and oxygen atoms in total. The van der Waals surface area contributed by atoms with Crippen LogP contribution in [0.25, 0.3) is 10.2 Å². The molecular weight excluding hydrogens is 218 g/mol. The largest absolute Gasteiger partial charge is 0.253 e. The molecule has 1 N–H and O–H groups in total. The molecule has 0 radical (unpaired) electrons. The van der Waals surface area contributed by atoms with E-state index in [-0.39, 0.29) is 0 Å². The minimum atomic E-state index is 0.862. The van der Waals surface area contributed by atoms with E-state index in [1.807, 2.05) is 18.2 Å². The van der Waals surface area contributed by atoms with Gasteiger partial charge in [0, 0.05) is 5.71 Å². The zero-order chi connectivity index (χ0) is 11.4. The molecule has 0 saturated carbocycles. The number of hydrogen-bond acceptors (Lipinski definition) is 4. The van der Waals surface area contributed by atoms with Crippen LogP contribution in [-0.2, 0) is 0 Å². The fraction of sp³-hybridized carbons (Fsp3) is 0.333. The molecule has 0 fully saturated rings. The first-order chi connectivity index (χ1) is 7.83. The Morgan fingerprint density at radius 2 is 2.06 bits per heavy atom. The monoisotopic (exact) mass is 233 g/mol. The van der Waals surface area contributed by atoms with Crippen LogP contribution >= 0.6 is 11.3 Å². The summed E-state index contributed by atoms with van der Waals surface area (Å²) in [6.45, 7) is 4.23. The molecule has 0 bridgehead atoms. The van der Waals surface area contributed by atoms with E-state index >= 15 is 0 Å². The second-order valence-electron chi connectivity index (χ2n) is 3.48. The fourth-order valence-electron chi connectivity index (χ4n) is 1.46. The van der Waals surface area contributed by atoms with Crippen LogP contribution in [-0.4, -0.2) is 10.7 Å². The Morgan fingerprint density at radius 3 is 2.75 bits per heavy atom. The molecule has 2 rings (SSSR count). The van der Waals surface area contributed by atoms with Gasteiger partial charge in [0.2, 0.25) is 5.13 Å². The molecule has 84 valence electrons. The number of para-hydroxylation sites is 1. The summed E-state index contributed by atoms with van der Waals surface area (Å²) in [5.74, 6) is 0. The summed E-state index contributed by atoms with van der Waals surface area (Å²) in [4.78, 5) is 4.45.